The molecule has 0 aliphatic carbocycles. The summed E-state index contributed by atoms with van der Waals surface area (Å²) in [5.41, 5.74) is 0.365. The highest BCUT2D eigenvalue weighted by Gasteiger charge is 2.13. The van der Waals surface area contributed by atoms with E-state index < -0.39 is 29.3 Å². The van der Waals surface area contributed by atoms with Crippen LogP contribution in [0.1, 0.15) is 18.6 Å². The first-order chi connectivity index (χ1) is 8.99. The first-order valence-electron chi connectivity index (χ1n) is 5.58. The molecule has 0 saturated heterocycles. The zero-order chi connectivity index (χ0) is 14.0. The van der Waals surface area contributed by atoms with E-state index in [1.165, 1.54) is 31.2 Å². The summed E-state index contributed by atoms with van der Waals surface area (Å²) in [4.78, 5) is 0. The molecule has 100 valence electrons. The Balaban J connectivity index is 2.31. The maximum absolute atomic E-state index is 13.7. The van der Waals surface area contributed by atoms with E-state index in [1.807, 2.05) is 0 Å². The van der Waals surface area contributed by atoms with Crippen molar-refractivity contribution in [1.29, 1.82) is 0 Å². The molecule has 0 amide bonds. The lowest BCUT2D eigenvalue weighted by molar-refractivity contribution is 0.198. The molecule has 0 aliphatic rings. The Morgan fingerprint density at radius 2 is 1.74 bits per heavy atom. The second kappa shape index (κ2) is 5.32. The molecule has 1 unspecified atom stereocenters. The first kappa shape index (κ1) is 13.4. The SMILES string of the molecule is CC(O)c1ccc(Oc2cccc(F)c2F)c(F)c1. The van der Waals surface area contributed by atoms with Gasteiger partial charge in [0.1, 0.15) is 0 Å². The van der Waals surface area contributed by atoms with Gasteiger partial charge in [0.05, 0.1) is 6.10 Å². The van der Waals surface area contributed by atoms with E-state index >= 15 is 0 Å². The fourth-order valence-electron chi connectivity index (χ4n) is 1.54. The standard InChI is InChI=1S/C14H11F3O2/c1-8(18)9-5-6-12(11(16)7-9)19-13-4-2-3-10(15)14(13)17/h2-8,18H,1H3. The van der Waals surface area contributed by atoms with E-state index in [0.29, 0.717) is 5.56 Å². The summed E-state index contributed by atoms with van der Waals surface area (Å²) >= 11 is 0. The molecule has 0 radical (unpaired) electrons. The summed E-state index contributed by atoms with van der Waals surface area (Å²) in [7, 11) is 0. The van der Waals surface area contributed by atoms with Gasteiger partial charge in [0.2, 0.25) is 5.82 Å². The van der Waals surface area contributed by atoms with Crippen LogP contribution in [0.15, 0.2) is 36.4 Å². The minimum atomic E-state index is -1.18. The van der Waals surface area contributed by atoms with Crippen LogP contribution >= 0.6 is 0 Å². The fraction of sp³-hybridized carbons (Fsp3) is 0.143. The van der Waals surface area contributed by atoms with Crippen LogP contribution < -0.4 is 4.74 Å². The molecule has 2 aromatic rings. The van der Waals surface area contributed by atoms with Crippen molar-refractivity contribution in [2.24, 2.45) is 0 Å². The minimum absolute atomic E-state index is 0.242. The van der Waals surface area contributed by atoms with Gasteiger partial charge in [-0.15, -0.1) is 0 Å². The molecule has 0 saturated carbocycles. The van der Waals surface area contributed by atoms with E-state index in [-0.39, 0.29) is 5.75 Å². The van der Waals surface area contributed by atoms with Gasteiger partial charge in [0.25, 0.3) is 0 Å². The van der Waals surface area contributed by atoms with E-state index in [0.717, 1.165) is 12.1 Å². The van der Waals surface area contributed by atoms with E-state index in [1.54, 1.807) is 0 Å². The van der Waals surface area contributed by atoms with E-state index in [2.05, 4.69) is 0 Å². The Hall–Kier alpha value is -2.01. The summed E-state index contributed by atoms with van der Waals surface area (Å²) in [5, 5.41) is 9.29. The Morgan fingerprint density at radius 3 is 2.37 bits per heavy atom. The number of rotatable bonds is 3. The van der Waals surface area contributed by atoms with Gasteiger partial charge in [-0.3, -0.25) is 0 Å². The average Bonchev–Trinajstić information content (AvgIpc) is 2.37. The fourth-order valence-corrected chi connectivity index (χ4v) is 1.54. The van der Waals surface area contributed by atoms with Crippen LogP contribution in [0, 0.1) is 17.5 Å². The molecule has 5 heteroatoms. The highest BCUT2D eigenvalue weighted by molar-refractivity contribution is 5.35. The van der Waals surface area contributed by atoms with Crippen LogP contribution in [0.3, 0.4) is 0 Å². The van der Waals surface area contributed by atoms with Crippen molar-refractivity contribution in [3.05, 3.63) is 59.4 Å². The van der Waals surface area contributed by atoms with Crippen molar-refractivity contribution in [3.8, 4) is 11.5 Å². The van der Waals surface area contributed by atoms with Crippen molar-refractivity contribution in [1.82, 2.24) is 0 Å². The van der Waals surface area contributed by atoms with Crippen LogP contribution in [-0.2, 0) is 0 Å². The number of hydrogen-bond acceptors (Lipinski definition) is 2. The van der Waals surface area contributed by atoms with Gasteiger partial charge >= 0.3 is 0 Å². The third-order valence-corrected chi connectivity index (χ3v) is 2.57. The number of aliphatic hydroxyl groups is 1. The molecule has 2 nitrogen and oxygen atoms in total. The normalized spacial score (nSPS) is 12.3. The third kappa shape index (κ3) is 2.88. The van der Waals surface area contributed by atoms with Gasteiger partial charge in [0.15, 0.2) is 23.1 Å². The van der Waals surface area contributed by atoms with Gasteiger partial charge in [0, 0.05) is 0 Å². The summed E-state index contributed by atoms with van der Waals surface area (Å²) in [6.45, 7) is 1.49. The second-order valence-electron chi connectivity index (χ2n) is 4.02. The van der Waals surface area contributed by atoms with Gasteiger partial charge in [-0.25, -0.2) is 8.78 Å². The number of hydrogen-bond donors (Lipinski definition) is 1. The monoisotopic (exact) mass is 268 g/mol. The summed E-state index contributed by atoms with van der Waals surface area (Å²) in [6.07, 6.45) is -0.825. The Morgan fingerprint density at radius 1 is 1.00 bits per heavy atom. The van der Waals surface area contributed by atoms with Crippen LogP contribution in [-0.4, -0.2) is 5.11 Å². The zero-order valence-electron chi connectivity index (χ0n) is 10.0. The van der Waals surface area contributed by atoms with Crippen molar-refractivity contribution < 1.29 is 23.0 Å². The molecule has 0 bridgehead atoms. The maximum Gasteiger partial charge on any atom is 0.201 e. The Labute approximate surface area is 108 Å². The van der Waals surface area contributed by atoms with Crippen molar-refractivity contribution >= 4 is 0 Å². The van der Waals surface area contributed by atoms with E-state index in [9.17, 15) is 18.3 Å². The van der Waals surface area contributed by atoms with Crippen LogP contribution in [0.2, 0.25) is 0 Å². The molecule has 0 fully saturated rings. The molecule has 1 atom stereocenters. The summed E-state index contributed by atoms with van der Waals surface area (Å²) < 4.78 is 45.0. The number of ether oxygens (including phenoxy) is 1. The van der Waals surface area contributed by atoms with Gasteiger partial charge in [-0.1, -0.05) is 12.1 Å². The third-order valence-electron chi connectivity index (χ3n) is 2.57. The highest BCUT2D eigenvalue weighted by atomic mass is 19.2. The van der Waals surface area contributed by atoms with Crippen LogP contribution in [0.5, 0.6) is 11.5 Å². The minimum Gasteiger partial charge on any atom is -0.451 e. The molecule has 0 aliphatic heterocycles. The Kier molecular flexibility index (Phi) is 3.76. The molecule has 0 heterocycles. The smallest absolute Gasteiger partial charge is 0.201 e. The Bertz CT molecular complexity index is 597. The lowest BCUT2D eigenvalue weighted by atomic mass is 10.1. The topological polar surface area (TPSA) is 29.5 Å². The van der Waals surface area contributed by atoms with Gasteiger partial charge in [-0.05, 0) is 36.8 Å². The molecule has 0 spiro atoms. The molecular formula is C14H11F3O2. The zero-order valence-corrected chi connectivity index (χ0v) is 10.0. The molecule has 2 rings (SSSR count). The van der Waals surface area contributed by atoms with E-state index in [4.69, 9.17) is 4.74 Å². The van der Waals surface area contributed by atoms with Gasteiger partial charge < -0.3 is 9.84 Å². The molecular weight excluding hydrogens is 257 g/mol. The van der Waals surface area contributed by atoms with Crippen molar-refractivity contribution in [2.75, 3.05) is 0 Å². The number of benzene rings is 2. The van der Waals surface area contributed by atoms with Crippen LogP contribution in [0.4, 0.5) is 13.2 Å². The predicted octanol–water partition coefficient (Wildman–Crippen LogP) is 3.95. The summed E-state index contributed by atoms with van der Waals surface area (Å²) in [5.74, 6) is -3.65. The second-order valence-corrected chi connectivity index (χ2v) is 4.02. The summed E-state index contributed by atoms with van der Waals surface area (Å²) in [6, 6.07) is 7.17. The lowest BCUT2D eigenvalue weighted by Crippen LogP contribution is -1.96. The highest BCUT2D eigenvalue weighted by Crippen LogP contribution is 2.29. The van der Waals surface area contributed by atoms with Gasteiger partial charge in [-0.2, -0.15) is 4.39 Å². The average molecular weight is 268 g/mol. The molecule has 0 aromatic heterocycles. The molecule has 1 N–H and O–H groups in total. The molecule has 19 heavy (non-hydrogen) atoms. The quantitative estimate of drug-likeness (QED) is 0.913. The maximum atomic E-state index is 13.7. The van der Waals surface area contributed by atoms with Crippen molar-refractivity contribution in [3.63, 3.8) is 0 Å². The molecule has 2 aromatic carbocycles. The predicted molar refractivity (Wildman–Crippen MR) is 63.5 cm³/mol. The number of aliphatic hydroxyl groups excluding tert-OH is 1. The largest absolute Gasteiger partial charge is 0.451 e. The number of halogens is 3. The first-order valence-corrected chi connectivity index (χ1v) is 5.58. The lowest BCUT2D eigenvalue weighted by Gasteiger charge is -2.10. The van der Waals surface area contributed by atoms with Crippen LogP contribution in [0.25, 0.3) is 0 Å². The van der Waals surface area contributed by atoms with Crippen molar-refractivity contribution in [2.45, 2.75) is 13.0 Å².